The lowest BCUT2D eigenvalue weighted by Gasteiger charge is -1.85. The van der Waals surface area contributed by atoms with E-state index in [-0.39, 0.29) is 0 Å². The number of fused-ring (bicyclic) bond motifs is 1. The van der Waals surface area contributed by atoms with E-state index >= 15 is 0 Å². The summed E-state index contributed by atoms with van der Waals surface area (Å²) in [4.78, 5) is 9.83. The summed E-state index contributed by atoms with van der Waals surface area (Å²) in [6.07, 6.45) is 2.91. The second-order valence-corrected chi connectivity index (χ2v) is 3.75. The van der Waals surface area contributed by atoms with Crippen LogP contribution >= 0.6 is 0 Å². The molecule has 0 aliphatic carbocycles. The van der Waals surface area contributed by atoms with E-state index in [9.17, 15) is 8.42 Å². The van der Waals surface area contributed by atoms with Crippen molar-refractivity contribution >= 4 is 21.2 Å². The minimum Gasteiger partial charge on any atom is -0.325 e. The Morgan fingerprint density at radius 3 is 2.85 bits per heavy atom. The number of nitrogens with zero attached hydrogens (tertiary/aromatic N) is 2. The number of nitrogens with one attached hydrogen (secondary N) is 1. The summed E-state index contributed by atoms with van der Waals surface area (Å²) >= 11 is 0. The van der Waals surface area contributed by atoms with Crippen LogP contribution in [0.15, 0.2) is 23.6 Å². The number of rotatable bonds is 1. The molecule has 13 heavy (non-hydrogen) atoms. The SMILES string of the molecule is O=S(=O)(O)c1nc2ccncc2[nH]1. The first-order valence-corrected chi connectivity index (χ1v) is 4.78. The highest BCUT2D eigenvalue weighted by molar-refractivity contribution is 7.85. The van der Waals surface area contributed by atoms with Crippen molar-refractivity contribution in [2.24, 2.45) is 0 Å². The van der Waals surface area contributed by atoms with E-state index in [4.69, 9.17) is 4.55 Å². The Bertz CT molecular complexity index is 512. The zero-order chi connectivity index (χ0) is 9.47. The number of imidazole rings is 1. The molecule has 0 radical (unpaired) electrons. The lowest BCUT2D eigenvalue weighted by molar-refractivity contribution is 0.476. The molecule has 2 aromatic rings. The Hall–Kier alpha value is -1.47. The molecule has 0 spiro atoms. The van der Waals surface area contributed by atoms with Crippen LogP contribution in [0.5, 0.6) is 0 Å². The lowest BCUT2D eigenvalue weighted by Crippen LogP contribution is -1.99. The van der Waals surface area contributed by atoms with Gasteiger partial charge >= 0.3 is 10.1 Å². The Morgan fingerprint density at radius 2 is 2.23 bits per heavy atom. The number of aromatic amines is 1. The molecule has 68 valence electrons. The predicted octanol–water partition coefficient (Wildman–Crippen LogP) is 0.205. The van der Waals surface area contributed by atoms with Crippen LogP contribution in [0.1, 0.15) is 0 Å². The predicted molar refractivity (Wildman–Crippen MR) is 43.7 cm³/mol. The largest absolute Gasteiger partial charge is 0.328 e. The van der Waals surface area contributed by atoms with Crippen LogP contribution in [0.2, 0.25) is 0 Å². The maximum Gasteiger partial charge on any atom is 0.328 e. The molecule has 0 fully saturated rings. The highest BCUT2D eigenvalue weighted by Gasteiger charge is 2.14. The average Bonchev–Trinajstić information content (AvgIpc) is 2.45. The number of aromatic nitrogens is 3. The van der Waals surface area contributed by atoms with Gasteiger partial charge in [0, 0.05) is 6.20 Å². The first kappa shape index (κ1) is 8.14. The number of hydrogen-bond donors (Lipinski definition) is 2. The molecule has 2 heterocycles. The van der Waals surface area contributed by atoms with E-state index < -0.39 is 15.3 Å². The van der Waals surface area contributed by atoms with E-state index in [1.165, 1.54) is 12.4 Å². The molecular weight excluding hydrogens is 194 g/mol. The third kappa shape index (κ3) is 1.38. The fourth-order valence-corrected chi connectivity index (χ4v) is 1.41. The molecule has 2 rings (SSSR count). The molecule has 0 unspecified atom stereocenters. The summed E-state index contributed by atoms with van der Waals surface area (Å²) in [6, 6.07) is 1.54. The molecule has 0 aliphatic heterocycles. The van der Waals surface area contributed by atoms with E-state index in [2.05, 4.69) is 15.0 Å². The van der Waals surface area contributed by atoms with Gasteiger partial charge in [-0.3, -0.25) is 9.54 Å². The van der Waals surface area contributed by atoms with Gasteiger partial charge in [0.05, 0.1) is 17.2 Å². The van der Waals surface area contributed by atoms with E-state index in [1.807, 2.05) is 0 Å². The van der Waals surface area contributed by atoms with Gasteiger partial charge in [0.1, 0.15) is 0 Å². The summed E-state index contributed by atoms with van der Waals surface area (Å²) in [6.45, 7) is 0. The van der Waals surface area contributed by atoms with Crippen LogP contribution in [-0.2, 0) is 10.1 Å². The first-order valence-electron chi connectivity index (χ1n) is 3.34. The fourth-order valence-electron chi connectivity index (χ4n) is 0.956. The van der Waals surface area contributed by atoms with Crippen molar-refractivity contribution in [1.82, 2.24) is 15.0 Å². The van der Waals surface area contributed by atoms with Gasteiger partial charge in [0.25, 0.3) is 5.16 Å². The Labute approximate surface area is 73.4 Å². The van der Waals surface area contributed by atoms with Crippen LogP contribution in [0, 0.1) is 0 Å². The molecule has 7 heteroatoms. The zero-order valence-corrected chi connectivity index (χ0v) is 7.11. The first-order chi connectivity index (χ1) is 6.07. The molecule has 0 atom stereocenters. The summed E-state index contributed by atoms with van der Waals surface area (Å²) < 4.78 is 29.9. The molecular formula is C6H5N3O3S. The normalized spacial score (nSPS) is 12.1. The van der Waals surface area contributed by atoms with Gasteiger partial charge in [0.2, 0.25) is 0 Å². The van der Waals surface area contributed by atoms with Crippen LogP contribution in [0.4, 0.5) is 0 Å². The van der Waals surface area contributed by atoms with Gasteiger partial charge in [-0.15, -0.1) is 0 Å². The van der Waals surface area contributed by atoms with E-state index in [0.717, 1.165) is 0 Å². The molecule has 0 bridgehead atoms. The average molecular weight is 199 g/mol. The van der Waals surface area contributed by atoms with Crippen molar-refractivity contribution in [2.75, 3.05) is 0 Å². The summed E-state index contributed by atoms with van der Waals surface area (Å²) in [5.41, 5.74) is 0.915. The molecule has 2 N–H and O–H groups in total. The van der Waals surface area contributed by atoms with Crippen LogP contribution in [-0.4, -0.2) is 27.9 Å². The van der Waals surface area contributed by atoms with Crippen molar-refractivity contribution in [1.29, 1.82) is 0 Å². The third-order valence-electron chi connectivity index (χ3n) is 1.51. The molecule has 0 saturated carbocycles. The highest BCUT2D eigenvalue weighted by Crippen LogP contribution is 2.11. The minimum absolute atomic E-state index is 0.447. The second-order valence-electron chi connectivity index (χ2n) is 2.41. The van der Waals surface area contributed by atoms with Crippen LogP contribution in [0.25, 0.3) is 11.0 Å². The van der Waals surface area contributed by atoms with Gasteiger partial charge in [-0.2, -0.15) is 8.42 Å². The van der Waals surface area contributed by atoms with Crippen molar-refractivity contribution in [3.63, 3.8) is 0 Å². The molecule has 0 aliphatic rings. The Morgan fingerprint density at radius 1 is 1.46 bits per heavy atom. The maximum atomic E-state index is 10.6. The minimum atomic E-state index is -4.26. The quantitative estimate of drug-likeness (QED) is 0.640. The highest BCUT2D eigenvalue weighted by atomic mass is 32.2. The topological polar surface area (TPSA) is 95.9 Å². The third-order valence-corrected chi connectivity index (χ3v) is 2.19. The number of hydrogen-bond acceptors (Lipinski definition) is 4. The summed E-state index contributed by atoms with van der Waals surface area (Å²) in [7, 11) is -4.26. The fraction of sp³-hybridized carbons (Fsp3) is 0. The van der Waals surface area contributed by atoms with Gasteiger partial charge in [0.15, 0.2) is 0 Å². The smallest absolute Gasteiger partial charge is 0.325 e. The standard InChI is InChI=1S/C6H5N3O3S/c10-13(11,12)6-8-4-1-2-7-3-5(4)9-6/h1-3H,(H,8,9)(H,10,11,12). The van der Waals surface area contributed by atoms with Crippen molar-refractivity contribution < 1.29 is 13.0 Å². The van der Waals surface area contributed by atoms with Gasteiger partial charge < -0.3 is 4.98 Å². The maximum absolute atomic E-state index is 10.6. The zero-order valence-electron chi connectivity index (χ0n) is 6.30. The van der Waals surface area contributed by atoms with Crippen molar-refractivity contribution in [3.8, 4) is 0 Å². The number of pyridine rings is 1. The van der Waals surface area contributed by atoms with Gasteiger partial charge in [-0.25, -0.2) is 4.98 Å². The number of H-pyrrole nitrogens is 1. The summed E-state index contributed by atoms with van der Waals surface area (Å²) in [5, 5.41) is -0.462. The lowest BCUT2D eigenvalue weighted by atomic mass is 10.4. The van der Waals surface area contributed by atoms with Crippen LogP contribution in [0.3, 0.4) is 0 Å². The second kappa shape index (κ2) is 2.51. The summed E-state index contributed by atoms with van der Waals surface area (Å²) in [5.74, 6) is 0. The van der Waals surface area contributed by atoms with E-state index in [0.29, 0.717) is 11.0 Å². The van der Waals surface area contributed by atoms with Gasteiger partial charge in [-0.1, -0.05) is 0 Å². The molecule has 6 nitrogen and oxygen atoms in total. The van der Waals surface area contributed by atoms with Gasteiger partial charge in [-0.05, 0) is 6.07 Å². The van der Waals surface area contributed by atoms with E-state index in [1.54, 1.807) is 6.07 Å². The van der Waals surface area contributed by atoms with Crippen molar-refractivity contribution in [2.45, 2.75) is 5.16 Å². The molecule has 0 saturated heterocycles. The Balaban J connectivity index is 2.77. The monoisotopic (exact) mass is 199 g/mol. The van der Waals surface area contributed by atoms with Crippen LogP contribution < -0.4 is 0 Å². The molecule has 2 aromatic heterocycles. The Kier molecular flexibility index (Phi) is 1.57. The molecule has 0 aromatic carbocycles. The molecule has 0 amide bonds. The van der Waals surface area contributed by atoms with Crippen molar-refractivity contribution in [3.05, 3.63) is 18.5 Å².